The number of ether oxygens (including phenoxy) is 1. The first-order valence-electron chi connectivity index (χ1n) is 4.29. The summed E-state index contributed by atoms with van der Waals surface area (Å²) in [6.45, 7) is 6.98. The summed E-state index contributed by atoms with van der Waals surface area (Å²) >= 11 is 0. The van der Waals surface area contributed by atoms with E-state index in [9.17, 15) is 9.59 Å². The lowest BCUT2D eigenvalue weighted by Gasteiger charge is -2.20. The molecule has 0 saturated heterocycles. The summed E-state index contributed by atoms with van der Waals surface area (Å²) in [6.07, 6.45) is -0.0574. The molecule has 1 atom stereocenters. The smallest absolute Gasteiger partial charge is 0.408 e. The van der Waals surface area contributed by atoms with Crippen molar-refractivity contribution in [2.24, 2.45) is 0 Å². The quantitative estimate of drug-likeness (QED) is 0.506. The predicted molar refractivity (Wildman–Crippen MR) is 52.7 cm³/mol. The van der Waals surface area contributed by atoms with Gasteiger partial charge < -0.3 is 10.1 Å². The van der Waals surface area contributed by atoms with Crippen LogP contribution >= 0.6 is 0 Å². The van der Waals surface area contributed by atoms with Crippen LogP contribution in [0.15, 0.2) is 0 Å². The molecule has 0 bridgehead atoms. The van der Waals surface area contributed by atoms with Crippen molar-refractivity contribution < 1.29 is 14.3 Å². The van der Waals surface area contributed by atoms with Crippen molar-refractivity contribution in [1.82, 2.24) is 5.32 Å². The molecule has 0 aromatic carbocycles. The van der Waals surface area contributed by atoms with Gasteiger partial charge in [-0.25, -0.2) is 4.79 Å². The highest BCUT2D eigenvalue weighted by atomic mass is 16.6. The number of aldehydes is 1. The minimum atomic E-state index is -0.537. The summed E-state index contributed by atoms with van der Waals surface area (Å²) in [7, 11) is 0. The van der Waals surface area contributed by atoms with Crippen LogP contribution in [0.3, 0.4) is 0 Å². The second-order valence-electron chi connectivity index (χ2n) is 3.77. The van der Waals surface area contributed by atoms with Gasteiger partial charge in [-0.1, -0.05) is 5.92 Å². The molecule has 0 aliphatic rings. The van der Waals surface area contributed by atoms with E-state index in [0.29, 0.717) is 6.29 Å². The Labute approximate surface area is 84.0 Å². The lowest BCUT2D eigenvalue weighted by molar-refractivity contribution is -0.103. The molecule has 78 valence electrons. The van der Waals surface area contributed by atoms with Gasteiger partial charge in [0, 0.05) is 0 Å². The van der Waals surface area contributed by atoms with Gasteiger partial charge in [0.2, 0.25) is 0 Å². The number of hydrogen-bond donors (Lipinski definition) is 1. The van der Waals surface area contributed by atoms with Crippen LogP contribution in [0, 0.1) is 11.8 Å². The molecule has 4 heteroatoms. The van der Waals surface area contributed by atoms with Gasteiger partial charge in [0.05, 0.1) is 6.04 Å². The zero-order valence-corrected chi connectivity index (χ0v) is 8.88. The van der Waals surface area contributed by atoms with E-state index in [4.69, 9.17) is 4.74 Å². The first-order valence-corrected chi connectivity index (χ1v) is 4.29. The van der Waals surface area contributed by atoms with Crippen molar-refractivity contribution in [2.75, 3.05) is 0 Å². The zero-order chi connectivity index (χ0) is 11.2. The zero-order valence-electron chi connectivity index (χ0n) is 8.88. The Morgan fingerprint density at radius 1 is 1.50 bits per heavy atom. The third-order valence-electron chi connectivity index (χ3n) is 1.09. The highest BCUT2D eigenvalue weighted by molar-refractivity contribution is 5.73. The predicted octanol–water partition coefficient (Wildman–Crippen LogP) is 1.10. The van der Waals surface area contributed by atoms with E-state index in [-0.39, 0.29) is 0 Å². The number of alkyl carbamates (subject to hydrolysis) is 1. The molecule has 0 rings (SSSR count). The second-order valence-corrected chi connectivity index (χ2v) is 3.77. The molecule has 0 unspecified atom stereocenters. The standard InChI is InChI=1S/C10H15NO3/c1-8(6-5-7-12)11-9(13)14-10(2,3)4/h7-8H,1-4H3,(H,11,13)/t8-/m1/s1. The van der Waals surface area contributed by atoms with E-state index in [1.165, 1.54) is 0 Å². The molecule has 0 aromatic heterocycles. The van der Waals surface area contributed by atoms with Crippen molar-refractivity contribution in [3.8, 4) is 11.8 Å². The van der Waals surface area contributed by atoms with Crippen molar-refractivity contribution in [3.63, 3.8) is 0 Å². The van der Waals surface area contributed by atoms with Crippen molar-refractivity contribution in [3.05, 3.63) is 0 Å². The van der Waals surface area contributed by atoms with E-state index < -0.39 is 17.7 Å². The molecule has 0 saturated carbocycles. The van der Waals surface area contributed by atoms with Gasteiger partial charge >= 0.3 is 6.09 Å². The highest BCUT2D eigenvalue weighted by Gasteiger charge is 2.16. The van der Waals surface area contributed by atoms with Crippen molar-refractivity contribution in [2.45, 2.75) is 39.3 Å². The molecular weight excluding hydrogens is 182 g/mol. The largest absolute Gasteiger partial charge is 0.444 e. The van der Waals surface area contributed by atoms with Crippen LogP contribution in [0.25, 0.3) is 0 Å². The lowest BCUT2D eigenvalue weighted by atomic mass is 10.2. The van der Waals surface area contributed by atoms with E-state index in [1.807, 2.05) is 0 Å². The third-order valence-corrected chi connectivity index (χ3v) is 1.09. The summed E-state index contributed by atoms with van der Waals surface area (Å²) in [6, 6.07) is -0.393. The SMILES string of the molecule is C[C@H](C#CC=O)NC(=O)OC(C)(C)C. The third kappa shape index (κ3) is 7.17. The second kappa shape index (κ2) is 5.28. The number of rotatable bonds is 1. The number of amides is 1. The molecule has 0 aromatic rings. The lowest BCUT2D eigenvalue weighted by Crippen LogP contribution is -2.37. The maximum Gasteiger partial charge on any atom is 0.408 e. The molecule has 4 nitrogen and oxygen atoms in total. The van der Waals surface area contributed by atoms with Crippen LogP contribution in [-0.4, -0.2) is 24.0 Å². The first kappa shape index (κ1) is 12.5. The van der Waals surface area contributed by atoms with Crippen molar-refractivity contribution in [1.29, 1.82) is 0 Å². The Hall–Kier alpha value is -1.50. The Kier molecular flexibility index (Phi) is 4.71. The monoisotopic (exact) mass is 197 g/mol. The molecule has 0 aliphatic heterocycles. The summed E-state index contributed by atoms with van der Waals surface area (Å²) < 4.78 is 4.98. The Balaban J connectivity index is 4.01. The van der Waals surface area contributed by atoms with Gasteiger partial charge in [-0.3, -0.25) is 4.79 Å². The van der Waals surface area contributed by atoms with Gasteiger partial charge in [0.1, 0.15) is 5.60 Å². The van der Waals surface area contributed by atoms with E-state index >= 15 is 0 Å². The van der Waals surface area contributed by atoms with Crippen molar-refractivity contribution >= 4 is 12.4 Å². The van der Waals surface area contributed by atoms with Gasteiger partial charge in [0.15, 0.2) is 6.29 Å². The molecule has 0 heterocycles. The number of nitrogens with one attached hydrogen (secondary N) is 1. The average molecular weight is 197 g/mol. The molecule has 0 spiro atoms. The van der Waals surface area contributed by atoms with Crippen LogP contribution in [-0.2, 0) is 9.53 Å². The number of hydrogen-bond acceptors (Lipinski definition) is 3. The normalized spacial score (nSPS) is 12.0. The van der Waals surface area contributed by atoms with Crippen LogP contribution < -0.4 is 5.32 Å². The first-order chi connectivity index (χ1) is 6.35. The van der Waals surface area contributed by atoms with E-state index in [0.717, 1.165) is 0 Å². The van der Waals surface area contributed by atoms with Crippen LogP contribution in [0.4, 0.5) is 4.79 Å². The minimum absolute atomic E-state index is 0.393. The fraction of sp³-hybridized carbons (Fsp3) is 0.600. The van der Waals surface area contributed by atoms with E-state index in [2.05, 4.69) is 17.2 Å². The molecule has 1 N–H and O–H groups in total. The summed E-state index contributed by atoms with van der Waals surface area (Å²) in [5.74, 6) is 4.73. The summed E-state index contributed by atoms with van der Waals surface area (Å²) in [5.41, 5.74) is -0.526. The number of carbonyl (C=O) groups is 2. The van der Waals surface area contributed by atoms with Crippen LogP contribution in [0.2, 0.25) is 0 Å². The fourth-order valence-electron chi connectivity index (χ4n) is 0.679. The van der Waals surface area contributed by atoms with E-state index in [1.54, 1.807) is 27.7 Å². The molecule has 0 radical (unpaired) electrons. The Morgan fingerprint density at radius 2 is 2.07 bits per heavy atom. The molecule has 1 amide bonds. The summed E-state index contributed by atoms with van der Waals surface area (Å²) in [4.78, 5) is 21.0. The maximum atomic E-state index is 11.1. The van der Waals surface area contributed by atoms with Gasteiger partial charge in [-0.2, -0.15) is 0 Å². The maximum absolute atomic E-state index is 11.1. The van der Waals surface area contributed by atoms with Crippen LogP contribution in [0.5, 0.6) is 0 Å². The van der Waals surface area contributed by atoms with Gasteiger partial charge in [0.25, 0.3) is 0 Å². The Morgan fingerprint density at radius 3 is 2.50 bits per heavy atom. The minimum Gasteiger partial charge on any atom is -0.444 e. The summed E-state index contributed by atoms with van der Waals surface area (Å²) in [5, 5.41) is 2.48. The molecule has 14 heavy (non-hydrogen) atoms. The Bertz CT molecular complexity index is 267. The van der Waals surface area contributed by atoms with Crippen LogP contribution in [0.1, 0.15) is 27.7 Å². The molecule has 0 fully saturated rings. The average Bonchev–Trinajstić information content (AvgIpc) is 1.96. The van der Waals surface area contributed by atoms with Gasteiger partial charge in [-0.15, -0.1) is 0 Å². The fourth-order valence-corrected chi connectivity index (χ4v) is 0.679. The molecule has 0 aliphatic carbocycles. The molecular formula is C10H15NO3. The van der Waals surface area contributed by atoms with Gasteiger partial charge in [-0.05, 0) is 33.6 Å². The highest BCUT2D eigenvalue weighted by Crippen LogP contribution is 2.06. The number of carbonyl (C=O) groups excluding carboxylic acids is 2. The topological polar surface area (TPSA) is 55.4 Å².